The quantitative estimate of drug-likeness (QED) is 0.832. The number of anilines is 1. The summed E-state index contributed by atoms with van der Waals surface area (Å²) in [6.07, 6.45) is 0.895. The van der Waals surface area contributed by atoms with Crippen LogP contribution in [0, 0.1) is 11.7 Å². The molecule has 0 aromatic heterocycles. The smallest absolute Gasteiger partial charge is 0.215 e. The lowest BCUT2D eigenvalue weighted by Crippen LogP contribution is -2.32. The summed E-state index contributed by atoms with van der Waals surface area (Å²) in [5.74, 6) is -0.154. The van der Waals surface area contributed by atoms with E-state index in [2.05, 4.69) is 9.62 Å². The van der Waals surface area contributed by atoms with Crippen LogP contribution in [0.1, 0.15) is 12.0 Å². The Kier molecular flexibility index (Phi) is 5.61. The SMILES string of the molecule is O=S(=O)(Cc1ccccc1Cl)NCC1CCN(c2ccc(F)cc2)C1. The Morgan fingerprint density at radius 1 is 1.16 bits per heavy atom. The molecule has 0 radical (unpaired) electrons. The van der Waals surface area contributed by atoms with Gasteiger partial charge in [0.2, 0.25) is 10.0 Å². The highest BCUT2D eigenvalue weighted by atomic mass is 35.5. The van der Waals surface area contributed by atoms with E-state index in [1.165, 1.54) is 12.1 Å². The molecule has 1 aliphatic heterocycles. The zero-order valence-electron chi connectivity index (χ0n) is 13.7. The molecule has 1 N–H and O–H groups in total. The van der Waals surface area contributed by atoms with Crippen molar-refractivity contribution in [3.63, 3.8) is 0 Å². The van der Waals surface area contributed by atoms with E-state index in [-0.39, 0.29) is 17.5 Å². The van der Waals surface area contributed by atoms with Crippen molar-refractivity contribution in [1.29, 1.82) is 0 Å². The summed E-state index contributed by atoms with van der Waals surface area (Å²) in [7, 11) is -3.43. The fraction of sp³-hybridized carbons (Fsp3) is 0.333. The van der Waals surface area contributed by atoms with E-state index in [1.807, 2.05) is 0 Å². The second-order valence-corrected chi connectivity index (χ2v) is 8.49. The van der Waals surface area contributed by atoms with Gasteiger partial charge >= 0.3 is 0 Å². The van der Waals surface area contributed by atoms with Gasteiger partial charge in [-0.3, -0.25) is 0 Å². The van der Waals surface area contributed by atoms with E-state index >= 15 is 0 Å². The molecule has 2 aromatic rings. The molecular formula is C18H20ClFN2O2S. The first-order chi connectivity index (χ1) is 11.9. The van der Waals surface area contributed by atoms with Gasteiger partial charge < -0.3 is 4.90 Å². The van der Waals surface area contributed by atoms with E-state index in [9.17, 15) is 12.8 Å². The number of benzene rings is 2. The van der Waals surface area contributed by atoms with Crippen LogP contribution in [0.2, 0.25) is 5.02 Å². The molecule has 25 heavy (non-hydrogen) atoms. The summed E-state index contributed by atoms with van der Waals surface area (Å²) in [6, 6.07) is 13.3. The van der Waals surface area contributed by atoms with Crippen LogP contribution in [-0.2, 0) is 15.8 Å². The zero-order chi connectivity index (χ0) is 17.9. The molecule has 0 spiro atoms. The molecule has 134 valence electrons. The van der Waals surface area contributed by atoms with Gasteiger partial charge in [-0.25, -0.2) is 17.5 Å². The van der Waals surface area contributed by atoms with Crippen LogP contribution in [0.15, 0.2) is 48.5 Å². The van der Waals surface area contributed by atoms with Gasteiger partial charge in [-0.1, -0.05) is 29.8 Å². The highest BCUT2D eigenvalue weighted by Gasteiger charge is 2.24. The highest BCUT2D eigenvalue weighted by molar-refractivity contribution is 7.88. The van der Waals surface area contributed by atoms with Gasteiger partial charge in [-0.2, -0.15) is 0 Å². The largest absolute Gasteiger partial charge is 0.371 e. The number of hydrogen-bond donors (Lipinski definition) is 1. The number of nitrogens with one attached hydrogen (secondary N) is 1. The van der Waals surface area contributed by atoms with Gasteiger partial charge in [0.15, 0.2) is 0 Å². The van der Waals surface area contributed by atoms with Crippen molar-refractivity contribution < 1.29 is 12.8 Å². The molecule has 1 heterocycles. The predicted octanol–water partition coefficient (Wildman–Crippen LogP) is 3.43. The maximum Gasteiger partial charge on any atom is 0.215 e. The van der Waals surface area contributed by atoms with E-state index < -0.39 is 10.0 Å². The molecule has 7 heteroatoms. The first kappa shape index (κ1) is 18.2. The lowest BCUT2D eigenvalue weighted by Gasteiger charge is -2.19. The maximum absolute atomic E-state index is 13.0. The minimum Gasteiger partial charge on any atom is -0.371 e. The second kappa shape index (κ2) is 7.72. The Morgan fingerprint density at radius 2 is 1.88 bits per heavy atom. The normalized spacial score (nSPS) is 17.8. The van der Waals surface area contributed by atoms with Crippen molar-refractivity contribution >= 4 is 27.3 Å². The molecule has 2 aromatic carbocycles. The van der Waals surface area contributed by atoms with E-state index in [1.54, 1.807) is 36.4 Å². The Labute approximate surface area is 152 Å². The third-order valence-corrected chi connectivity index (χ3v) is 6.04. The van der Waals surface area contributed by atoms with Crippen LogP contribution in [0.25, 0.3) is 0 Å². The van der Waals surface area contributed by atoms with Crippen LogP contribution in [0.5, 0.6) is 0 Å². The lowest BCUT2D eigenvalue weighted by atomic mass is 10.1. The molecule has 1 saturated heterocycles. The van der Waals surface area contributed by atoms with Crippen molar-refractivity contribution in [2.45, 2.75) is 12.2 Å². The van der Waals surface area contributed by atoms with Crippen LogP contribution >= 0.6 is 11.6 Å². The third kappa shape index (κ3) is 4.93. The van der Waals surface area contributed by atoms with E-state index in [0.717, 1.165) is 25.2 Å². The van der Waals surface area contributed by atoms with E-state index in [4.69, 9.17) is 11.6 Å². The number of nitrogens with zero attached hydrogens (tertiary/aromatic N) is 1. The molecule has 1 fully saturated rings. The van der Waals surface area contributed by atoms with Crippen molar-refractivity contribution in [3.8, 4) is 0 Å². The van der Waals surface area contributed by atoms with Gasteiger partial charge in [0.25, 0.3) is 0 Å². The van der Waals surface area contributed by atoms with Gasteiger partial charge in [0, 0.05) is 30.3 Å². The monoisotopic (exact) mass is 382 g/mol. The topological polar surface area (TPSA) is 49.4 Å². The Morgan fingerprint density at radius 3 is 2.60 bits per heavy atom. The second-order valence-electron chi connectivity index (χ2n) is 6.28. The Bertz CT molecular complexity index is 827. The minimum atomic E-state index is -3.43. The molecule has 0 amide bonds. The number of hydrogen-bond acceptors (Lipinski definition) is 3. The Hall–Kier alpha value is -1.63. The number of sulfonamides is 1. The van der Waals surface area contributed by atoms with Crippen LogP contribution in [0.4, 0.5) is 10.1 Å². The van der Waals surface area contributed by atoms with Gasteiger partial charge in [0.1, 0.15) is 5.82 Å². The summed E-state index contributed by atoms with van der Waals surface area (Å²) >= 11 is 6.03. The Balaban J connectivity index is 1.53. The molecule has 4 nitrogen and oxygen atoms in total. The molecule has 0 aliphatic carbocycles. The molecule has 1 atom stereocenters. The van der Waals surface area contributed by atoms with Crippen LogP contribution in [0.3, 0.4) is 0 Å². The summed E-state index contributed by atoms with van der Waals surface area (Å²) in [5, 5.41) is 0.455. The summed E-state index contributed by atoms with van der Waals surface area (Å²) < 4.78 is 40.2. The van der Waals surface area contributed by atoms with Crippen molar-refractivity contribution in [2.75, 3.05) is 24.5 Å². The average Bonchev–Trinajstić information content (AvgIpc) is 3.05. The van der Waals surface area contributed by atoms with Crippen molar-refractivity contribution in [1.82, 2.24) is 4.72 Å². The summed E-state index contributed by atoms with van der Waals surface area (Å²) in [5.41, 5.74) is 1.55. The van der Waals surface area contributed by atoms with Crippen molar-refractivity contribution in [2.24, 2.45) is 5.92 Å². The van der Waals surface area contributed by atoms with Crippen LogP contribution < -0.4 is 9.62 Å². The minimum absolute atomic E-state index is 0.124. The fourth-order valence-electron chi connectivity index (χ4n) is 3.00. The van der Waals surface area contributed by atoms with Crippen LogP contribution in [-0.4, -0.2) is 28.1 Å². The number of halogens is 2. The van der Waals surface area contributed by atoms with Gasteiger partial charge in [0.05, 0.1) is 5.75 Å². The summed E-state index contributed by atoms with van der Waals surface area (Å²) in [4.78, 5) is 2.15. The molecule has 0 bridgehead atoms. The van der Waals surface area contributed by atoms with E-state index in [0.29, 0.717) is 17.1 Å². The van der Waals surface area contributed by atoms with Crippen molar-refractivity contribution in [3.05, 3.63) is 64.9 Å². The maximum atomic E-state index is 13.0. The standard InChI is InChI=1S/C18H20ClFN2O2S/c19-18-4-2-1-3-15(18)13-25(23,24)21-11-14-9-10-22(12-14)17-7-5-16(20)6-8-17/h1-8,14,21H,9-13H2. The molecule has 0 saturated carbocycles. The first-order valence-electron chi connectivity index (χ1n) is 8.14. The van der Waals surface area contributed by atoms with Gasteiger partial charge in [-0.15, -0.1) is 0 Å². The molecule has 3 rings (SSSR count). The number of rotatable bonds is 6. The predicted molar refractivity (Wildman–Crippen MR) is 98.8 cm³/mol. The average molecular weight is 383 g/mol. The zero-order valence-corrected chi connectivity index (χ0v) is 15.2. The molecule has 1 aliphatic rings. The third-order valence-electron chi connectivity index (χ3n) is 4.37. The fourth-order valence-corrected chi connectivity index (χ4v) is 4.54. The molecule has 1 unspecified atom stereocenters. The lowest BCUT2D eigenvalue weighted by molar-refractivity contribution is 0.541. The molecular weight excluding hydrogens is 363 g/mol. The summed E-state index contributed by atoms with van der Waals surface area (Å²) in [6.45, 7) is 1.98. The van der Waals surface area contributed by atoms with Gasteiger partial charge in [-0.05, 0) is 48.2 Å². The first-order valence-corrected chi connectivity index (χ1v) is 10.2. The highest BCUT2D eigenvalue weighted by Crippen LogP contribution is 2.24.